The maximum atomic E-state index is 13.9. The Morgan fingerprint density at radius 3 is 2.75 bits per heavy atom. The fourth-order valence-electron chi connectivity index (χ4n) is 2.73. The minimum Gasteiger partial charge on any atom is -0.394 e. The number of halogens is 1. The largest absolute Gasteiger partial charge is 0.394 e. The van der Waals surface area contributed by atoms with Crippen LogP contribution >= 0.6 is 0 Å². The molecule has 3 N–H and O–H groups in total. The van der Waals surface area contributed by atoms with Crippen LogP contribution in [0.5, 0.6) is 0 Å². The standard InChI is InChI=1S/C15H23FN2O2/c1-11(17)15-13(16)3-2-4-14(15)18-7-5-12(6-8-18)20-10-9-19/h2-4,11-12,19H,5-10,17H2,1H3/t11-/m0/s1. The van der Waals surface area contributed by atoms with Crippen molar-refractivity contribution >= 4 is 5.69 Å². The number of hydrogen-bond donors (Lipinski definition) is 2. The molecule has 0 aliphatic carbocycles. The first kappa shape index (κ1) is 15.2. The van der Waals surface area contributed by atoms with Gasteiger partial charge in [-0.3, -0.25) is 0 Å². The first-order chi connectivity index (χ1) is 9.63. The molecule has 0 radical (unpaired) electrons. The van der Waals surface area contributed by atoms with E-state index in [1.807, 2.05) is 6.07 Å². The lowest BCUT2D eigenvalue weighted by molar-refractivity contribution is 0.0159. The van der Waals surface area contributed by atoms with Crippen LogP contribution in [0.1, 0.15) is 31.4 Å². The quantitative estimate of drug-likeness (QED) is 0.865. The van der Waals surface area contributed by atoms with Crippen molar-refractivity contribution < 1.29 is 14.2 Å². The highest BCUT2D eigenvalue weighted by molar-refractivity contribution is 5.55. The van der Waals surface area contributed by atoms with Crippen LogP contribution in [0.25, 0.3) is 0 Å². The highest BCUT2D eigenvalue weighted by atomic mass is 19.1. The number of nitrogens with two attached hydrogens (primary N) is 1. The molecule has 1 heterocycles. The molecule has 1 aliphatic heterocycles. The Morgan fingerprint density at radius 2 is 2.15 bits per heavy atom. The Kier molecular flexibility index (Phi) is 5.34. The summed E-state index contributed by atoms with van der Waals surface area (Å²) in [5, 5.41) is 8.76. The van der Waals surface area contributed by atoms with E-state index in [2.05, 4.69) is 4.90 Å². The van der Waals surface area contributed by atoms with Gasteiger partial charge in [-0.2, -0.15) is 0 Å². The zero-order valence-corrected chi connectivity index (χ0v) is 11.9. The Morgan fingerprint density at radius 1 is 1.45 bits per heavy atom. The van der Waals surface area contributed by atoms with Crippen molar-refractivity contribution in [2.75, 3.05) is 31.2 Å². The summed E-state index contributed by atoms with van der Waals surface area (Å²) in [7, 11) is 0. The second-order valence-electron chi connectivity index (χ2n) is 5.24. The van der Waals surface area contributed by atoms with Gasteiger partial charge in [0.1, 0.15) is 5.82 Å². The summed E-state index contributed by atoms with van der Waals surface area (Å²) in [5.74, 6) is -0.240. The SMILES string of the molecule is C[C@H](N)c1c(F)cccc1N1CCC(OCCO)CC1. The fraction of sp³-hybridized carbons (Fsp3) is 0.600. The van der Waals surface area contributed by atoms with Crippen LogP contribution in [0.3, 0.4) is 0 Å². The highest BCUT2D eigenvalue weighted by Crippen LogP contribution is 2.30. The highest BCUT2D eigenvalue weighted by Gasteiger charge is 2.23. The topological polar surface area (TPSA) is 58.7 Å². The van der Waals surface area contributed by atoms with Crippen LogP contribution in [-0.2, 0) is 4.74 Å². The van der Waals surface area contributed by atoms with Gasteiger partial charge in [-0.05, 0) is 31.9 Å². The molecular weight excluding hydrogens is 259 g/mol. The predicted octanol–water partition coefficient (Wildman–Crippen LogP) is 1.82. The second-order valence-corrected chi connectivity index (χ2v) is 5.24. The summed E-state index contributed by atoms with van der Waals surface area (Å²) >= 11 is 0. The number of aliphatic hydroxyl groups is 1. The number of benzene rings is 1. The van der Waals surface area contributed by atoms with Crippen LogP contribution in [0.4, 0.5) is 10.1 Å². The first-order valence-electron chi connectivity index (χ1n) is 7.15. The lowest BCUT2D eigenvalue weighted by Crippen LogP contribution is -2.38. The number of ether oxygens (including phenoxy) is 1. The maximum absolute atomic E-state index is 13.9. The second kappa shape index (κ2) is 7.02. The monoisotopic (exact) mass is 282 g/mol. The Labute approximate surface area is 119 Å². The molecule has 1 fully saturated rings. The van der Waals surface area contributed by atoms with E-state index in [0.29, 0.717) is 12.2 Å². The van der Waals surface area contributed by atoms with Gasteiger partial charge in [0, 0.05) is 30.4 Å². The lowest BCUT2D eigenvalue weighted by atomic mass is 10.0. The summed E-state index contributed by atoms with van der Waals surface area (Å²) in [5.41, 5.74) is 7.37. The van der Waals surface area contributed by atoms with E-state index in [0.717, 1.165) is 31.6 Å². The van der Waals surface area contributed by atoms with Gasteiger partial charge in [0.2, 0.25) is 0 Å². The minimum absolute atomic E-state index is 0.0545. The van der Waals surface area contributed by atoms with Crippen molar-refractivity contribution in [3.63, 3.8) is 0 Å². The number of hydrogen-bond acceptors (Lipinski definition) is 4. The third-order valence-electron chi connectivity index (χ3n) is 3.71. The van der Waals surface area contributed by atoms with Gasteiger partial charge in [-0.25, -0.2) is 4.39 Å². The smallest absolute Gasteiger partial charge is 0.130 e. The summed E-state index contributed by atoms with van der Waals surface area (Å²) in [6.45, 7) is 3.88. The van der Waals surface area contributed by atoms with Crippen molar-refractivity contribution in [2.45, 2.75) is 31.9 Å². The third kappa shape index (κ3) is 3.48. The van der Waals surface area contributed by atoms with Gasteiger partial charge in [-0.15, -0.1) is 0 Å². The molecule has 0 saturated carbocycles. The van der Waals surface area contributed by atoms with E-state index in [9.17, 15) is 4.39 Å². The van der Waals surface area contributed by atoms with Crippen LogP contribution in [0.2, 0.25) is 0 Å². The first-order valence-corrected chi connectivity index (χ1v) is 7.15. The molecule has 1 atom stereocenters. The van der Waals surface area contributed by atoms with Gasteiger partial charge in [-0.1, -0.05) is 6.07 Å². The summed E-state index contributed by atoms with van der Waals surface area (Å²) in [6.07, 6.45) is 1.95. The van der Waals surface area contributed by atoms with E-state index in [4.69, 9.17) is 15.6 Å². The molecule has 0 spiro atoms. The van der Waals surface area contributed by atoms with E-state index in [-0.39, 0.29) is 24.6 Å². The third-order valence-corrected chi connectivity index (χ3v) is 3.71. The van der Waals surface area contributed by atoms with Crippen molar-refractivity contribution in [3.05, 3.63) is 29.6 Å². The molecule has 1 aromatic rings. The van der Waals surface area contributed by atoms with Gasteiger partial charge in [0.25, 0.3) is 0 Å². The molecule has 2 rings (SSSR count). The zero-order chi connectivity index (χ0) is 14.5. The van der Waals surface area contributed by atoms with Gasteiger partial charge < -0.3 is 20.5 Å². The molecule has 112 valence electrons. The Bertz CT molecular complexity index is 432. The average molecular weight is 282 g/mol. The minimum atomic E-state index is -0.324. The van der Waals surface area contributed by atoms with E-state index >= 15 is 0 Å². The van der Waals surface area contributed by atoms with Gasteiger partial charge in [0.05, 0.1) is 19.3 Å². The molecule has 1 aromatic carbocycles. The molecule has 20 heavy (non-hydrogen) atoms. The van der Waals surface area contributed by atoms with Crippen LogP contribution in [0.15, 0.2) is 18.2 Å². The lowest BCUT2D eigenvalue weighted by Gasteiger charge is -2.35. The Hall–Kier alpha value is -1.17. The average Bonchev–Trinajstić information content (AvgIpc) is 2.45. The molecule has 0 unspecified atom stereocenters. The van der Waals surface area contributed by atoms with Crippen LogP contribution < -0.4 is 10.6 Å². The predicted molar refractivity (Wildman–Crippen MR) is 77.3 cm³/mol. The van der Waals surface area contributed by atoms with Gasteiger partial charge >= 0.3 is 0 Å². The number of piperidine rings is 1. The van der Waals surface area contributed by atoms with Crippen LogP contribution in [-0.4, -0.2) is 37.5 Å². The van der Waals surface area contributed by atoms with Gasteiger partial charge in [0.15, 0.2) is 0 Å². The van der Waals surface area contributed by atoms with E-state index in [1.165, 1.54) is 6.07 Å². The van der Waals surface area contributed by atoms with E-state index in [1.54, 1.807) is 13.0 Å². The van der Waals surface area contributed by atoms with E-state index < -0.39 is 0 Å². The van der Waals surface area contributed by atoms with Crippen molar-refractivity contribution in [1.82, 2.24) is 0 Å². The summed E-state index contributed by atoms with van der Waals surface area (Å²) in [4.78, 5) is 2.17. The molecule has 1 saturated heterocycles. The molecule has 0 bridgehead atoms. The molecule has 5 heteroatoms. The summed E-state index contributed by atoms with van der Waals surface area (Å²) < 4.78 is 19.5. The van der Waals surface area contributed by atoms with Crippen LogP contribution in [0, 0.1) is 5.82 Å². The molecule has 4 nitrogen and oxygen atoms in total. The molecule has 0 amide bonds. The Balaban J connectivity index is 2.05. The van der Waals surface area contributed by atoms with Crippen molar-refractivity contribution in [3.8, 4) is 0 Å². The maximum Gasteiger partial charge on any atom is 0.130 e. The van der Waals surface area contributed by atoms with Crippen molar-refractivity contribution in [2.24, 2.45) is 5.73 Å². The number of nitrogens with zero attached hydrogens (tertiary/aromatic N) is 1. The molecule has 0 aromatic heterocycles. The molecular formula is C15H23FN2O2. The summed E-state index contributed by atoms with van der Waals surface area (Å²) in [6, 6.07) is 4.79. The fourth-order valence-corrected chi connectivity index (χ4v) is 2.73. The number of anilines is 1. The van der Waals surface area contributed by atoms with Crippen molar-refractivity contribution in [1.29, 1.82) is 0 Å². The normalized spacial score (nSPS) is 18.3. The number of aliphatic hydroxyl groups excluding tert-OH is 1. The molecule has 1 aliphatic rings. The number of rotatable bonds is 5. The zero-order valence-electron chi connectivity index (χ0n) is 11.9.